The summed E-state index contributed by atoms with van der Waals surface area (Å²) in [5.41, 5.74) is 0. The zero-order valence-electron chi connectivity index (χ0n) is 16.6. The van der Waals surface area contributed by atoms with Crippen LogP contribution in [0.3, 0.4) is 0 Å². The van der Waals surface area contributed by atoms with E-state index in [1.807, 2.05) is 0 Å². The van der Waals surface area contributed by atoms with Crippen molar-refractivity contribution in [2.75, 3.05) is 6.61 Å². The minimum atomic E-state index is -4.24. The second kappa shape index (κ2) is 11.6. The average molecular weight is 487 g/mol. The van der Waals surface area contributed by atoms with E-state index >= 15 is 0 Å². The van der Waals surface area contributed by atoms with Gasteiger partial charge in [0, 0.05) is 11.9 Å². The van der Waals surface area contributed by atoms with Crippen LogP contribution >= 0.6 is 11.6 Å². The topological polar surface area (TPSA) is 185 Å². The van der Waals surface area contributed by atoms with Gasteiger partial charge in [0.05, 0.1) is 23.6 Å². The molecule has 31 heavy (non-hydrogen) atoms. The van der Waals surface area contributed by atoms with Crippen molar-refractivity contribution in [1.29, 1.82) is 0 Å². The third-order valence-electron chi connectivity index (χ3n) is 4.24. The molecule has 166 valence electrons. The van der Waals surface area contributed by atoms with Crippen LogP contribution in [0.2, 0.25) is 5.02 Å². The van der Waals surface area contributed by atoms with Crippen molar-refractivity contribution in [3.63, 3.8) is 0 Å². The summed E-state index contributed by atoms with van der Waals surface area (Å²) in [6, 6.07) is 2.33. The van der Waals surface area contributed by atoms with Gasteiger partial charge in [0.15, 0.2) is 0 Å². The molecule has 1 aliphatic heterocycles. The summed E-state index contributed by atoms with van der Waals surface area (Å²) < 4.78 is 32.8. The third kappa shape index (κ3) is 7.14. The molecule has 1 amide bonds. The molecule has 0 fully saturated rings. The van der Waals surface area contributed by atoms with Gasteiger partial charge in [-0.15, -0.1) is 0 Å². The number of sulfonamides is 1. The fourth-order valence-corrected chi connectivity index (χ4v) is 4.16. The van der Waals surface area contributed by atoms with Gasteiger partial charge >= 0.3 is 29.6 Å². The van der Waals surface area contributed by atoms with Gasteiger partial charge in [-0.1, -0.05) is 11.6 Å². The molecular formula is C17H20ClN2NaO9S. The van der Waals surface area contributed by atoms with E-state index in [1.165, 1.54) is 24.3 Å². The summed E-state index contributed by atoms with van der Waals surface area (Å²) in [6.07, 6.45) is -4.41. The van der Waals surface area contributed by atoms with Crippen LogP contribution in [0.25, 0.3) is 0 Å². The molecule has 1 aromatic carbocycles. The summed E-state index contributed by atoms with van der Waals surface area (Å²) >= 11 is 5.75. The van der Waals surface area contributed by atoms with E-state index in [4.69, 9.17) is 21.4 Å². The van der Waals surface area contributed by atoms with Crippen LogP contribution in [0.15, 0.2) is 41.0 Å². The van der Waals surface area contributed by atoms with E-state index in [0.29, 0.717) is 0 Å². The molecule has 0 radical (unpaired) electrons. The maximum atomic E-state index is 12.7. The van der Waals surface area contributed by atoms with Gasteiger partial charge in [-0.3, -0.25) is 4.79 Å². The number of ether oxygens (including phenoxy) is 1. The molecule has 0 unspecified atom stereocenters. The molecule has 0 saturated carbocycles. The van der Waals surface area contributed by atoms with Crippen molar-refractivity contribution < 1.29 is 72.7 Å². The molecule has 5 atom stereocenters. The molecule has 0 aliphatic carbocycles. The fraction of sp³-hybridized carbons (Fsp3) is 0.412. The van der Waals surface area contributed by atoms with E-state index in [-0.39, 0.29) is 39.5 Å². The van der Waals surface area contributed by atoms with E-state index < -0.39 is 64.7 Å². The van der Waals surface area contributed by atoms with Crippen LogP contribution in [0.4, 0.5) is 0 Å². The Balaban J connectivity index is 0.00000480. The van der Waals surface area contributed by atoms with Crippen LogP contribution in [-0.2, 0) is 24.3 Å². The Bertz CT molecular complexity index is 926. The van der Waals surface area contributed by atoms with Gasteiger partial charge in [-0.2, -0.15) is 0 Å². The number of amides is 1. The van der Waals surface area contributed by atoms with Gasteiger partial charge in [0.2, 0.25) is 15.9 Å². The normalized spacial score (nSPS) is 22.9. The molecule has 0 aromatic heterocycles. The number of carbonyl (C=O) groups is 2. The van der Waals surface area contributed by atoms with Crippen molar-refractivity contribution >= 4 is 33.5 Å². The number of hydrogen-bond donors (Lipinski definition) is 5. The van der Waals surface area contributed by atoms with Gasteiger partial charge < -0.3 is 35.3 Å². The number of benzene rings is 1. The molecule has 0 saturated heterocycles. The van der Waals surface area contributed by atoms with E-state index in [1.54, 1.807) is 0 Å². The number of nitrogens with one attached hydrogen (secondary N) is 2. The third-order valence-corrected chi connectivity index (χ3v) is 5.97. The standard InChI is InChI=1S/C17H21ClN2O9S.Na/c1-8(22)19-14-11(20-30(27,28)10-4-2-9(18)3-5-10)6-13(17(25)26)29-16(14)15(24)12(23)7-21;/h2-6,11-12,14-16,20-21,23-24H,7H2,1H3,(H,19,22)(H,25,26);/q;+1/p-1/t11-,12+,14+,15+,16+;/m0./s1. The number of halogens is 1. The monoisotopic (exact) mass is 486 g/mol. The molecular weight excluding hydrogens is 467 g/mol. The Morgan fingerprint density at radius 3 is 2.32 bits per heavy atom. The van der Waals surface area contributed by atoms with Gasteiger partial charge in [-0.05, 0) is 30.3 Å². The summed E-state index contributed by atoms with van der Waals surface area (Å²) in [7, 11) is -4.24. The van der Waals surface area contributed by atoms with Crippen molar-refractivity contribution in [3.05, 3.63) is 41.1 Å². The van der Waals surface area contributed by atoms with Crippen LogP contribution < -0.4 is 44.7 Å². The first-order chi connectivity index (χ1) is 14.0. The van der Waals surface area contributed by atoms with Crippen molar-refractivity contribution in [1.82, 2.24) is 10.0 Å². The minimum Gasteiger partial charge on any atom is -0.542 e. The minimum absolute atomic E-state index is 0. The number of hydrogen-bond acceptors (Lipinski definition) is 9. The van der Waals surface area contributed by atoms with Crippen LogP contribution in [0.5, 0.6) is 0 Å². The maximum absolute atomic E-state index is 12.7. The molecule has 2 rings (SSSR count). The second-order valence-corrected chi connectivity index (χ2v) is 8.62. The van der Waals surface area contributed by atoms with Crippen molar-refractivity contribution in [3.8, 4) is 0 Å². The zero-order chi connectivity index (χ0) is 22.6. The number of aliphatic hydroxyl groups is 3. The average Bonchev–Trinajstić information content (AvgIpc) is 2.67. The predicted octanol–water partition coefficient (Wildman–Crippen LogP) is -5.76. The number of carboxylic acid groups (broad SMARTS) is 1. The molecule has 1 aliphatic rings. The summed E-state index contributed by atoms with van der Waals surface area (Å²) in [5.74, 6) is -3.29. The molecule has 1 heterocycles. The first-order valence-corrected chi connectivity index (χ1v) is 10.4. The van der Waals surface area contributed by atoms with E-state index in [9.17, 15) is 33.3 Å². The number of aliphatic hydroxyl groups excluding tert-OH is 3. The molecule has 1 aromatic rings. The Morgan fingerprint density at radius 1 is 1.26 bits per heavy atom. The van der Waals surface area contributed by atoms with Gasteiger partial charge in [0.25, 0.3) is 0 Å². The van der Waals surface area contributed by atoms with Crippen molar-refractivity contribution in [2.24, 2.45) is 0 Å². The smallest absolute Gasteiger partial charge is 0.542 e. The molecule has 0 spiro atoms. The molecule has 5 N–H and O–H groups in total. The van der Waals surface area contributed by atoms with Crippen LogP contribution in [0.1, 0.15) is 6.92 Å². The first kappa shape index (κ1) is 27.8. The summed E-state index contributed by atoms with van der Waals surface area (Å²) in [6.45, 7) is 0.202. The summed E-state index contributed by atoms with van der Waals surface area (Å²) in [4.78, 5) is 22.8. The van der Waals surface area contributed by atoms with Crippen LogP contribution in [0, 0.1) is 0 Å². The predicted molar refractivity (Wildman–Crippen MR) is 100 cm³/mol. The Labute approximate surface area is 205 Å². The summed E-state index contributed by atoms with van der Waals surface area (Å²) in [5, 5.41) is 43.1. The van der Waals surface area contributed by atoms with E-state index in [2.05, 4.69) is 10.0 Å². The number of aliphatic carboxylic acids is 1. The van der Waals surface area contributed by atoms with Gasteiger partial charge in [-0.25, -0.2) is 13.1 Å². The molecule has 11 nitrogen and oxygen atoms in total. The fourth-order valence-electron chi connectivity index (χ4n) is 2.83. The molecule has 14 heteroatoms. The van der Waals surface area contributed by atoms with Gasteiger partial charge in [0.1, 0.15) is 30.0 Å². The second-order valence-electron chi connectivity index (χ2n) is 6.47. The maximum Gasteiger partial charge on any atom is 1.00 e. The number of carboxylic acids is 1. The zero-order valence-corrected chi connectivity index (χ0v) is 20.1. The van der Waals surface area contributed by atoms with E-state index in [0.717, 1.165) is 13.0 Å². The van der Waals surface area contributed by atoms with Crippen LogP contribution in [-0.4, -0.2) is 72.6 Å². The Morgan fingerprint density at radius 2 is 1.84 bits per heavy atom. The SMILES string of the molecule is CC(=O)N[C@H]1[C@H]([C@H](O)[C@H](O)CO)OC(C(=O)[O-])=C[C@@H]1NS(=O)(=O)c1ccc(Cl)cc1.[Na+]. The number of rotatable bonds is 8. The number of carbonyl (C=O) groups excluding carboxylic acids is 2. The Hall–Kier alpha value is -1.22. The molecule has 0 bridgehead atoms. The van der Waals surface area contributed by atoms with Crippen molar-refractivity contribution in [2.45, 2.75) is 42.2 Å². The quantitative estimate of drug-likeness (QED) is 0.223. The largest absolute Gasteiger partial charge is 1.00 e. The first-order valence-electron chi connectivity index (χ1n) is 8.58. The Kier molecular flexibility index (Phi) is 10.4.